The van der Waals surface area contributed by atoms with Gasteiger partial charge in [-0.25, -0.2) is 9.78 Å². The van der Waals surface area contributed by atoms with Crippen molar-refractivity contribution < 1.29 is 32.4 Å². The second-order valence-electron chi connectivity index (χ2n) is 7.15. The summed E-state index contributed by atoms with van der Waals surface area (Å²) in [6.07, 6.45) is -3.09. The number of carbonyl (C=O) groups is 1. The smallest absolute Gasteiger partial charge is 0.416 e. The van der Waals surface area contributed by atoms with Gasteiger partial charge in [-0.2, -0.15) is 13.2 Å². The number of non-ortho nitro benzene ring substituents is 1. The Morgan fingerprint density at radius 2 is 2.06 bits per heavy atom. The predicted molar refractivity (Wildman–Crippen MR) is 110 cm³/mol. The van der Waals surface area contributed by atoms with Gasteiger partial charge in [-0.05, 0) is 26.0 Å². The molecule has 1 aliphatic rings. The van der Waals surface area contributed by atoms with Crippen LogP contribution in [-0.2, 0) is 15.7 Å². The molecule has 32 heavy (non-hydrogen) atoms. The number of fused-ring (bicyclic) bond motifs is 1. The van der Waals surface area contributed by atoms with E-state index in [4.69, 9.17) is 9.47 Å². The summed E-state index contributed by atoms with van der Waals surface area (Å²) in [5.74, 6) is -0.780. The number of nitrogens with zero attached hydrogens (tertiary/aromatic N) is 3. The average molecular weight is 456 g/mol. The highest BCUT2D eigenvalue weighted by molar-refractivity contribution is 6.07. The molecule has 0 unspecified atom stereocenters. The second-order valence-corrected chi connectivity index (χ2v) is 7.15. The van der Waals surface area contributed by atoms with Gasteiger partial charge in [0.2, 0.25) is 0 Å². The monoisotopic (exact) mass is 456 g/mol. The number of alkyl halides is 3. The lowest BCUT2D eigenvalue weighted by Gasteiger charge is -2.26. The van der Waals surface area contributed by atoms with Crippen LogP contribution in [0.3, 0.4) is 0 Å². The van der Waals surface area contributed by atoms with E-state index >= 15 is 0 Å². The normalized spacial score (nSPS) is 15.0. The SMILES string of the molecule is CCOC(=O)c1cnc2c([N+](=O)[O-])cc(C(F)(F)F)cc2c1NCCCN1CCOCC1. The molecule has 1 aromatic heterocycles. The summed E-state index contributed by atoms with van der Waals surface area (Å²) in [7, 11) is 0. The van der Waals surface area contributed by atoms with Gasteiger partial charge in [0.1, 0.15) is 11.1 Å². The van der Waals surface area contributed by atoms with Gasteiger partial charge in [-0.3, -0.25) is 15.0 Å². The third-order valence-electron chi connectivity index (χ3n) is 5.03. The Bertz CT molecular complexity index is 993. The van der Waals surface area contributed by atoms with E-state index in [1.807, 2.05) is 0 Å². The standard InChI is InChI=1S/C20H23F3N4O5/c1-2-32-19(28)15-12-25-18-14(10-13(20(21,22)23)11-16(18)27(29)30)17(15)24-4-3-5-26-6-8-31-9-7-26/h10-12H,2-9H2,1H3,(H,24,25). The first kappa shape index (κ1) is 23.7. The number of nitro benzene ring substituents is 1. The maximum Gasteiger partial charge on any atom is 0.416 e. The molecular formula is C20H23F3N4O5. The number of morpholine rings is 1. The Balaban J connectivity index is 2.00. The first-order valence-corrected chi connectivity index (χ1v) is 10.1. The third-order valence-corrected chi connectivity index (χ3v) is 5.03. The molecule has 2 aromatic rings. The molecule has 1 N–H and O–H groups in total. The minimum absolute atomic E-state index is 0.0321. The molecule has 1 aromatic carbocycles. The van der Waals surface area contributed by atoms with Gasteiger partial charge in [0, 0.05) is 37.3 Å². The molecule has 1 aliphatic heterocycles. The van der Waals surface area contributed by atoms with Gasteiger partial charge in [-0.1, -0.05) is 0 Å². The maximum atomic E-state index is 13.4. The number of benzene rings is 1. The van der Waals surface area contributed by atoms with Crippen molar-refractivity contribution in [3.05, 3.63) is 39.6 Å². The predicted octanol–water partition coefficient (Wildman–Crippen LogP) is 3.47. The van der Waals surface area contributed by atoms with Crippen LogP contribution in [0.2, 0.25) is 0 Å². The van der Waals surface area contributed by atoms with Crippen LogP contribution in [0.25, 0.3) is 10.9 Å². The fourth-order valence-electron chi connectivity index (χ4n) is 3.48. The molecule has 3 rings (SSSR count). The van der Waals surface area contributed by atoms with Crippen molar-refractivity contribution >= 4 is 28.2 Å². The molecule has 0 atom stereocenters. The van der Waals surface area contributed by atoms with Crippen molar-refractivity contribution in [3.63, 3.8) is 0 Å². The highest BCUT2D eigenvalue weighted by Crippen LogP contribution is 2.39. The molecule has 0 amide bonds. The average Bonchev–Trinajstić information content (AvgIpc) is 2.75. The van der Waals surface area contributed by atoms with Crippen molar-refractivity contribution in [3.8, 4) is 0 Å². The van der Waals surface area contributed by atoms with Crippen LogP contribution in [0, 0.1) is 10.1 Å². The minimum Gasteiger partial charge on any atom is -0.462 e. The third kappa shape index (κ3) is 5.43. The quantitative estimate of drug-likeness (QED) is 0.279. The van der Waals surface area contributed by atoms with Crippen LogP contribution in [0.1, 0.15) is 29.3 Å². The number of ether oxygens (including phenoxy) is 2. The Labute approximate surface area is 181 Å². The second kappa shape index (κ2) is 10.1. The molecule has 1 saturated heterocycles. The number of aromatic nitrogens is 1. The minimum atomic E-state index is -4.81. The summed E-state index contributed by atoms with van der Waals surface area (Å²) in [6.45, 7) is 5.54. The van der Waals surface area contributed by atoms with Crippen molar-refractivity contribution in [1.29, 1.82) is 0 Å². The summed E-state index contributed by atoms with van der Waals surface area (Å²) in [6, 6.07) is 1.21. The number of nitrogens with one attached hydrogen (secondary N) is 1. The summed E-state index contributed by atoms with van der Waals surface area (Å²) in [5, 5.41) is 14.3. The van der Waals surface area contributed by atoms with Gasteiger partial charge in [0.25, 0.3) is 5.69 Å². The number of carbonyl (C=O) groups excluding carboxylic acids is 1. The van der Waals surface area contributed by atoms with Crippen LogP contribution >= 0.6 is 0 Å². The Morgan fingerprint density at radius 3 is 2.69 bits per heavy atom. The summed E-state index contributed by atoms with van der Waals surface area (Å²) >= 11 is 0. The van der Waals surface area contributed by atoms with Crippen LogP contribution in [0.4, 0.5) is 24.5 Å². The lowest BCUT2D eigenvalue weighted by Crippen LogP contribution is -2.37. The zero-order chi connectivity index (χ0) is 23.3. The van der Waals surface area contributed by atoms with E-state index in [9.17, 15) is 28.1 Å². The molecule has 0 bridgehead atoms. The van der Waals surface area contributed by atoms with E-state index in [2.05, 4.69) is 15.2 Å². The number of rotatable bonds is 8. The number of pyridine rings is 1. The molecule has 0 radical (unpaired) electrons. The molecule has 0 spiro atoms. The largest absolute Gasteiger partial charge is 0.462 e. The fourth-order valence-corrected chi connectivity index (χ4v) is 3.48. The van der Waals surface area contributed by atoms with Gasteiger partial charge in [0.15, 0.2) is 0 Å². The van der Waals surface area contributed by atoms with Crippen molar-refractivity contribution in [2.24, 2.45) is 0 Å². The van der Waals surface area contributed by atoms with Gasteiger partial charge < -0.3 is 14.8 Å². The molecular weight excluding hydrogens is 433 g/mol. The van der Waals surface area contributed by atoms with E-state index in [1.54, 1.807) is 6.92 Å². The number of hydrogen-bond donors (Lipinski definition) is 1. The van der Waals surface area contributed by atoms with Gasteiger partial charge in [-0.15, -0.1) is 0 Å². The van der Waals surface area contributed by atoms with Crippen LogP contribution in [-0.4, -0.2) is 66.8 Å². The number of halogens is 3. The molecule has 12 heteroatoms. The van der Waals surface area contributed by atoms with Crippen molar-refractivity contribution in [2.45, 2.75) is 19.5 Å². The molecule has 0 aliphatic carbocycles. The Kier molecular flexibility index (Phi) is 7.46. The Hall–Kier alpha value is -2.99. The van der Waals surface area contributed by atoms with Crippen molar-refractivity contribution in [1.82, 2.24) is 9.88 Å². The van der Waals surface area contributed by atoms with Gasteiger partial charge >= 0.3 is 12.1 Å². The van der Waals surface area contributed by atoms with E-state index in [-0.39, 0.29) is 28.8 Å². The number of hydrogen-bond acceptors (Lipinski definition) is 8. The lowest BCUT2D eigenvalue weighted by molar-refractivity contribution is -0.383. The molecule has 174 valence electrons. The van der Waals surface area contributed by atoms with E-state index < -0.39 is 28.3 Å². The van der Waals surface area contributed by atoms with Gasteiger partial charge in [0.05, 0.1) is 36.0 Å². The molecule has 1 fully saturated rings. The molecule has 9 nitrogen and oxygen atoms in total. The van der Waals surface area contributed by atoms with Crippen LogP contribution in [0.5, 0.6) is 0 Å². The topological polar surface area (TPSA) is 107 Å². The Morgan fingerprint density at radius 1 is 1.34 bits per heavy atom. The fraction of sp³-hybridized carbons (Fsp3) is 0.500. The van der Waals surface area contributed by atoms with Crippen LogP contribution < -0.4 is 5.32 Å². The van der Waals surface area contributed by atoms with E-state index in [0.29, 0.717) is 32.2 Å². The summed E-state index contributed by atoms with van der Waals surface area (Å²) in [4.78, 5) is 29.0. The van der Waals surface area contributed by atoms with E-state index in [0.717, 1.165) is 31.9 Å². The molecule has 0 saturated carbocycles. The first-order valence-electron chi connectivity index (χ1n) is 10.1. The number of anilines is 1. The number of nitro groups is 1. The first-order chi connectivity index (χ1) is 15.2. The molecule has 2 heterocycles. The zero-order valence-corrected chi connectivity index (χ0v) is 17.4. The van der Waals surface area contributed by atoms with Crippen molar-refractivity contribution in [2.75, 3.05) is 51.3 Å². The summed E-state index contributed by atoms with van der Waals surface area (Å²) in [5.41, 5.74) is -2.28. The maximum absolute atomic E-state index is 13.4. The lowest BCUT2D eigenvalue weighted by atomic mass is 10.0. The van der Waals surface area contributed by atoms with E-state index in [1.165, 1.54) is 0 Å². The highest BCUT2D eigenvalue weighted by Gasteiger charge is 2.34. The highest BCUT2D eigenvalue weighted by atomic mass is 19.4. The summed E-state index contributed by atoms with van der Waals surface area (Å²) < 4.78 is 50.5. The zero-order valence-electron chi connectivity index (χ0n) is 17.4. The van der Waals surface area contributed by atoms with Crippen LogP contribution in [0.15, 0.2) is 18.3 Å². The number of esters is 1.